The molecular weight excluding hydrogens is 362 g/mol. The number of amides is 1. The van der Waals surface area contributed by atoms with E-state index in [1.165, 1.54) is 7.11 Å². The number of likely N-dealkylation sites (tertiary alicyclic amines) is 1. The lowest BCUT2D eigenvalue weighted by Gasteiger charge is -2.32. The molecule has 1 aliphatic heterocycles. The van der Waals surface area contributed by atoms with Crippen LogP contribution in [0.15, 0.2) is 12.7 Å². The predicted molar refractivity (Wildman–Crippen MR) is 103 cm³/mol. The molecule has 0 unspecified atom stereocenters. The first-order valence-electron chi connectivity index (χ1n) is 9.72. The summed E-state index contributed by atoms with van der Waals surface area (Å²) in [6, 6.07) is -0.613. The van der Waals surface area contributed by atoms with Crippen molar-refractivity contribution >= 4 is 17.8 Å². The van der Waals surface area contributed by atoms with E-state index in [1.54, 1.807) is 31.7 Å². The fraction of sp³-hybridized carbons (Fsp3) is 0.762. The number of fused-ring (bicyclic) bond motifs is 1. The Morgan fingerprint density at radius 1 is 1.29 bits per heavy atom. The summed E-state index contributed by atoms with van der Waals surface area (Å²) >= 11 is 0. The summed E-state index contributed by atoms with van der Waals surface area (Å²) < 4.78 is 15.8. The van der Waals surface area contributed by atoms with Crippen LogP contribution in [0.2, 0.25) is 0 Å². The van der Waals surface area contributed by atoms with Gasteiger partial charge in [-0.3, -0.25) is 9.59 Å². The molecule has 158 valence electrons. The largest absolute Gasteiger partial charge is 0.467 e. The summed E-state index contributed by atoms with van der Waals surface area (Å²) in [6.07, 6.45) is 1.48. The van der Waals surface area contributed by atoms with E-state index in [-0.39, 0.29) is 42.8 Å². The smallest absolute Gasteiger partial charge is 0.328 e. The van der Waals surface area contributed by atoms with Gasteiger partial charge in [0, 0.05) is 12.5 Å². The molecule has 1 aliphatic carbocycles. The third-order valence-electron chi connectivity index (χ3n) is 5.67. The third kappa shape index (κ3) is 4.74. The molecule has 1 saturated carbocycles. The van der Waals surface area contributed by atoms with Crippen LogP contribution in [0.1, 0.15) is 41.0 Å². The van der Waals surface area contributed by atoms with Crippen LogP contribution in [0.3, 0.4) is 0 Å². The Bertz CT molecular complexity index is 635. The first-order valence-corrected chi connectivity index (χ1v) is 9.72. The number of carbonyl (C=O) groups is 3. The van der Waals surface area contributed by atoms with E-state index in [9.17, 15) is 14.4 Å². The summed E-state index contributed by atoms with van der Waals surface area (Å²) in [6.45, 7) is 14.0. The van der Waals surface area contributed by atoms with Gasteiger partial charge in [-0.1, -0.05) is 19.9 Å². The highest BCUT2D eigenvalue weighted by atomic mass is 16.6. The van der Waals surface area contributed by atoms with Crippen molar-refractivity contribution in [2.45, 2.75) is 52.7 Å². The SMILES string of the molecule is C=CCOC[C@H](CC(=O)OC(C)(C)C)C(=O)N1C[C@H]2[C@@H]([C@H]1C(=O)OC)C2(C)C. The maximum Gasteiger partial charge on any atom is 0.328 e. The van der Waals surface area contributed by atoms with Crippen LogP contribution in [-0.4, -0.2) is 61.3 Å². The van der Waals surface area contributed by atoms with Crippen LogP contribution in [0, 0.1) is 23.2 Å². The van der Waals surface area contributed by atoms with Crippen molar-refractivity contribution in [1.29, 1.82) is 0 Å². The zero-order valence-corrected chi connectivity index (χ0v) is 17.8. The molecule has 0 aromatic carbocycles. The van der Waals surface area contributed by atoms with E-state index >= 15 is 0 Å². The van der Waals surface area contributed by atoms with Crippen LogP contribution in [0.4, 0.5) is 0 Å². The molecule has 0 N–H and O–H groups in total. The van der Waals surface area contributed by atoms with E-state index in [0.29, 0.717) is 6.54 Å². The van der Waals surface area contributed by atoms with Crippen molar-refractivity contribution < 1.29 is 28.6 Å². The lowest BCUT2D eigenvalue weighted by Crippen LogP contribution is -2.49. The number of esters is 2. The van der Waals surface area contributed by atoms with Gasteiger partial charge in [-0.25, -0.2) is 4.79 Å². The summed E-state index contributed by atoms with van der Waals surface area (Å²) in [5, 5.41) is 0. The summed E-state index contributed by atoms with van der Waals surface area (Å²) in [5.74, 6) is -1.52. The van der Waals surface area contributed by atoms with Crippen LogP contribution in [0.5, 0.6) is 0 Å². The van der Waals surface area contributed by atoms with Crippen molar-refractivity contribution in [3.05, 3.63) is 12.7 Å². The quantitative estimate of drug-likeness (QED) is 0.356. The van der Waals surface area contributed by atoms with E-state index in [4.69, 9.17) is 14.2 Å². The number of rotatable bonds is 8. The van der Waals surface area contributed by atoms with E-state index < -0.39 is 29.5 Å². The van der Waals surface area contributed by atoms with Crippen molar-refractivity contribution in [2.75, 3.05) is 26.9 Å². The Morgan fingerprint density at radius 2 is 1.93 bits per heavy atom. The van der Waals surface area contributed by atoms with Crippen LogP contribution in [0.25, 0.3) is 0 Å². The lowest BCUT2D eigenvalue weighted by atomic mass is 9.98. The van der Waals surface area contributed by atoms with Crippen LogP contribution < -0.4 is 0 Å². The van der Waals surface area contributed by atoms with Crippen molar-refractivity contribution in [1.82, 2.24) is 4.90 Å². The van der Waals surface area contributed by atoms with Crippen LogP contribution in [-0.2, 0) is 28.6 Å². The molecule has 1 amide bonds. The standard InChI is InChI=1S/C21H33NO6/c1-8-9-27-12-13(10-15(23)28-20(2,3)4)18(24)22-11-14-16(21(14,5)6)17(22)19(25)26-7/h8,13-14,16-17H,1,9-12H2,2-7H3/t13-,14-,16-,17-/m0/s1. The predicted octanol–water partition coefficient (Wildman–Crippen LogP) is 2.19. The van der Waals surface area contributed by atoms with Gasteiger partial charge in [0.05, 0.1) is 32.7 Å². The fourth-order valence-electron chi connectivity index (χ4n) is 4.23. The second-order valence-corrected chi connectivity index (χ2v) is 9.23. The third-order valence-corrected chi connectivity index (χ3v) is 5.67. The Kier molecular flexibility index (Phi) is 6.58. The van der Waals surface area contributed by atoms with Gasteiger partial charge in [0.25, 0.3) is 0 Å². The highest BCUT2D eigenvalue weighted by Crippen LogP contribution is 2.65. The molecule has 2 fully saturated rings. The Hall–Kier alpha value is -1.89. The fourth-order valence-corrected chi connectivity index (χ4v) is 4.23. The number of nitrogens with zero attached hydrogens (tertiary/aromatic N) is 1. The van der Waals surface area contributed by atoms with Gasteiger partial charge < -0.3 is 19.1 Å². The first kappa shape index (κ1) is 22.4. The first-order chi connectivity index (χ1) is 12.9. The summed E-state index contributed by atoms with van der Waals surface area (Å²) in [4.78, 5) is 39.5. The van der Waals surface area contributed by atoms with Gasteiger partial charge in [-0.2, -0.15) is 0 Å². The Balaban J connectivity index is 2.15. The number of carbonyl (C=O) groups excluding carboxylic acids is 3. The zero-order valence-electron chi connectivity index (χ0n) is 17.8. The van der Waals surface area contributed by atoms with Crippen molar-refractivity contribution in [3.63, 3.8) is 0 Å². The molecule has 1 heterocycles. The average Bonchev–Trinajstić information content (AvgIpc) is 2.94. The second-order valence-electron chi connectivity index (χ2n) is 9.23. The van der Waals surface area contributed by atoms with Crippen LogP contribution >= 0.6 is 0 Å². The minimum atomic E-state index is -0.720. The number of methoxy groups -OCH3 is 1. The van der Waals surface area contributed by atoms with Gasteiger partial charge in [0.2, 0.25) is 5.91 Å². The topological polar surface area (TPSA) is 82.1 Å². The lowest BCUT2D eigenvalue weighted by molar-refractivity contribution is -0.161. The minimum Gasteiger partial charge on any atom is -0.467 e. The molecule has 0 aromatic rings. The molecule has 0 bridgehead atoms. The number of ether oxygens (including phenoxy) is 3. The molecule has 0 spiro atoms. The number of hydrogen-bond acceptors (Lipinski definition) is 6. The molecule has 0 radical (unpaired) electrons. The van der Waals surface area contributed by atoms with Gasteiger partial charge >= 0.3 is 11.9 Å². The summed E-state index contributed by atoms with van der Waals surface area (Å²) in [5.41, 5.74) is -0.629. The molecule has 1 saturated heterocycles. The van der Waals surface area contributed by atoms with E-state index in [1.807, 2.05) is 0 Å². The Labute approximate surface area is 167 Å². The van der Waals surface area contributed by atoms with Crippen molar-refractivity contribution in [3.8, 4) is 0 Å². The van der Waals surface area contributed by atoms with Crippen molar-refractivity contribution in [2.24, 2.45) is 23.2 Å². The van der Waals surface area contributed by atoms with Gasteiger partial charge in [0.15, 0.2) is 0 Å². The maximum atomic E-state index is 13.3. The molecule has 4 atom stereocenters. The highest BCUT2D eigenvalue weighted by molar-refractivity contribution is 5.89. The average molecular weight is 395 g/mol. The van der Waals surface area contributed by atoms with Gasteiger partial charge in [-0.15, -0.1) is 6.58 Å². The molecule has 2 aliphatic rings. The normalized spacial score (nSPS) is 26.2. The van der Waals surface area contributed by atoms with Gasteiger partial charge in [-0.05, 0) is 32.1 Å². The molecule has 7 heteroatoms. The Morgan fingerprint density at radius 3 is 2.46 bits per heavy atom. The molecule has 7 nitrogen and oxygen atoms in total. The zero-order chi connectivity index (χ0) is 21.3. The second kappa shape index (κ2) is 8.23. The molecule has 2 rings (SSSR count). The summed E-state index contributed by atoms with van der Waals surface area (Å²) in [7, 11) is 1.33. The molecule has 28 heavy (non-hydrogen) atoms. The van der Waals surface area contributed by atoms with Gasteiger partial charge in [0.1, 0.15) is 11.6 Å². The maximum absolute atomic E-state index is 13.3. The minimum absolute atomic E-state index is 0.00956. The monoisotopic (exact) mass is 395 g/mol. The number of piperidine rings is 1. The van der Waals surface area contributed by atoms with E-state index in [2.05, 4.69) is 20.4 Å². The molecule has 0 aromatic heterocycles. The van der Waals surface area contributed by atoms with E-state index in [0.717, 1.165) is 0 Å². The molecular formula is C21H33NO6. The highest BCUT2D eigenvalue weighted by Gasteiger charge is 2.70. The number of hydrogen-bond donors (Lipinski definition) is 0.